The summed E-state index contributed by atoms with van der Waals surface area (Å²) in [4.78, 5) is 11.8. The third-order valence-electron chi connectivity index (χ3n) is 3.43. The van der Waals surface area contributed by atoms with Gasteiger partial charge < -0.3 is 10.6 Å². The Hall–Kier alpha value is -2.23. The zero-order valence-electron chi connectivity index (χ0n) is 12.6. The Bertz CT molecular complexity index is 578. The summed E-state index contributed by atoms with van der Waals surface area (Å²) in [6.45, 7) is 4.97. The summed E-state index contributed by atoms with van der Waals surface area (Å²) in [7, 11) is 0. The zero-order chi connectivity index (χ0) is 17.0. The highest BCUT2D eigenvalue weighted by Crippen LogP contribution is 2.30. The molecule has 22 heavy (non-hydrogen) atoms. The van der Waals surface area contributed by atoms with Gasteiger partial charge in [-0.1, -0.05) is 19.9 Å². The van der Waals surface area contributed by atoms with E-state index in [0.29, 0.717) is 0 Å². The van der Waals surface area contributed by atoms with Crippen LogP contribution in [0.5, 0.6) is 0 Å². The van der Waals surface area contributed by atoms with Crippen LogP contribution in [0.15, 0.2) is 24.3 Å². The van der Waals surface area contributed by atoms with Gasteiger partial charge in [-0.05, 0) is 31.0 Å². The van der Waals surface area contributed by atoms with Crippen LogP contribution in [-0.4, -0.2) is 18.0 Å². The molecule has 0 aromatic heterocycles. The van der Waals surface area contributed by atoms with Crippen molar-refractivity contribution in [3.05, 3.63) is 29.8 Å². The molecule has 0 radical (unpaired) electrons. The maximum Gasteiger partial charge on any atom is 0.416 e. The predicted octanol–water partition coefficient (Wildman–Crippen LogP) is 3.17. The lowest BCUT2D eigenvalue weighted by Gasteiger charge is -2.27. The van der Waals surface area contributed by atoms with Crippen LogP contribution in [0, 0.1) is 17.2 Å². The molecule has 2 N–H and O–H groups in total. The van der Waals surface area contributed by atoms with Crippen molar-refractivity contribution in [2.45, 2.75) is 32.5 Å². The number of nitriles is 1. The number of nitrogens with one attached hydrogen (secondary N) is 2. The molecule has 0 fully saturated rings. The molecule has 1 unspecified atom stereocenters. The van der Waals surface area contributed by atoms with Gasteiger partial charge in [-0.2, -0.15) is 18.4 Å². The Morgan fingerprint density at radius 3 is 2.50 bits per heavy atom. The molecule has 120 valence electrons. The minimum absolute atomic E-state index is 0.102. The molecule has 0 aliphatic rings. The number of halogens is 3. The van der Waals surface area contributed by atoms with Crippen molar-refractivity contribution in [1.82, 2.24) is 5.32 Å². The third kappa shape index (κ3) is 4.65. The highest BCUT2D eigenvalue weighted by atomic mass is 19.4. The van der Waals surface area contributed by atoms with E-state index in [0.717, 1.165) is 12.1 Å². The van der Waals surface area contributed by atoms with Gasteiger partial charge in [0.15, 0.2) is 0 Å². The van der Waals surface area contributed by atoms with Crippen LogP contribution in [0.25, 0.3) is 0 Å². The van der Waals surface area contributed by atoms with Gasteiger partial charge in [0.25, 0.3) is 0 Å². The van der Waals surface area contributed by atoms with Crippen molar-refractivity contribution in [3.8, 4) is 6.07 Å². The predicted molar refractivity (Wildman–Crippen MR) is 76.9 cm³/mol. The monoisotopic (exact) mass is 313 g/mol. The molecule has 7 heteroatoms. The molecule has 1 rings (SSSR count). The second kappa shape index (κ2) is 6.69. The first-order valence-electron chi connectivity index (χ1n) is 6.72. The summed E-state index contributed by atoms with van der Waals surface area (Å²) >= 11 is 0. The van der Waals surface area contributed by atoms with Crippen LogP contribution in [0.3, 0.4) is 0 Å². The summed E-state index contributed by atoms with van der Waals surface area (Å²) in [6, 6.07) is 6.61. The fourth-order valence-corrected chi connectivity index (χ4v) is 1.62. The lowest BCUT2D eigenvalue weighted by molar-refractivity contribution is -0.137. The van der Waals surface area contributed by atoms with Crippen molar-refractivity contribution in [2.75, 3.05) is 11.9 Å². The van der Waals surface area contributed by atoms with E-state index in [-0.39, 0.29) is 18.2 Å². The molecule has 0 heterocycles. The van der Waals surface area contributed by atoms with Crippen molar-refractivity contribution < 1.29 is 18.0 Å². The maximum atomic E-state index is 12.6. The molecule has 0 saturated carbocycles. The fourth-order valence-electron chi connectivity index (χ4n) is 1.62. The fraction of sp³-hybridized carbons (Fsp3) is 0.467. The summed E-state index contributed by atoms with van der Waals surface area (Å²) in [5.74, 6) is -0.565. The van der Waals surface area contributed by atoms with Crippen LogP contribution in [0.1, 0.15) is 26.3 Å². The molecule has 0 saturated heterocycles. The first-order valence-corrected chi connectivity index (χ1v) is 6.72. The van der Waals surface area contributed by atoms with Gasteiger partial charge in [0.2, 0.25) is 5.91 Å². The number of carbonyl (C=O) groups is 1. The van der Waals surface area contributed by atoms with E-state index in [2.05, 4.69) is 10.6 Å². The van der Waals surface area contributed by atoms with Gasteiger partial charge in [0.1, 0.15) is 5.54 Å². The van der Waals surface area contributed by atoms with Crippen LogP contribution in [0.2, 0.25) is 0 Å². The van der Waals surface area contributed by atoms with E-state index >= 15 is 0 Å². The molecule has 4 nitrogen and oxygen atoms in total. The third-order valence-corrected chi connectivity index (χ3v) is 3.43. The average molecular weight is 313 g/mol. The lowest BCUT2D eigenvalue weighted by atomic mass is 9.90. The van der Waals surface area contributed by atoms with Crippen molar-refractivity contribution in [1.29, 1.82) is 5.26 Å². The van der Waals surface area contributed by atoms with Crippen molar-refractivity contribution in [2.24, 2.45) is 5.92 Å². The maximum absolute atomic E-state index is 12.6. The highest BCUT2D eigenvalue weighted by Gasteiger charge is 2.31. The Labute approximate surface area is 127 Å². The largest absolute Gasteiger partial charge is 0.416 e. The number of carbonyl (C=O) groups excluding carboxylic acids is 1. The molecule has 0 aliphatic heterocycles. The number of benzene rings is 1. The topological polar surface area (TPSA) is 64.9 Å². The SMILES string of the molecule is CC(C)C(C)(C#N)NC(=O)CNc1cccc(C(F)(F)F)c1. The number of hydrogen-bond acceptors (Lipinski definition) is 3. The van der Waals surface area contributed by atoms with Crippen LogP contribution in [-0.2, 0) is 11.0 Å². The summed E-state index contributed by atoms with van der Waals surface area (Å²) in [5.41, 5.74) is -1.62. The summed E-state index contributed by atoms with van der Waals surface area (Å²) in [6.07, 6.45) is -4.43. The van der Waals surface area contributed by atoms with Gasteiger partial charge in [-0.25, -0.2) is 0 Å². The number of amides is 1. The molecule has 0 bridgehead atoms. The van der Waals surface area contributed by atoms with E-state index in [1.54, 1.807) is 20.8 Å². The lowest BCUT2D eigenvalue weighted by Crippen LogP contribution is -2.50. The first kappa shape index (κ1) is 17.8. The number of rotatable bonds is 5. The van der Waals surface area contributed by atoms with Gasteiger partial charge >= 0.3 is 6.18 Å². The Morgan fingerprint density at radius 2 is 2.00 bits per heavy atom. The number of nitrogens with zero attached hydrogens (tertiary/aromatic N) is 1. The molecular weight excluding hydrogens is 295 g/mol. The van der Waals surface area contributed by atoms with Crippen molar-refractivity contribution >= 4 is 11.6 Å². The van der Waals surface area contributed by atoms with Crippen LogP contribution in [0.4, 0.5) is 18.9 Å². The smallest absolute Gasteiger partial charge is 0.376 e. The van der Waals surface area contributed by atoms with Gasteiger partial charge in [-0.3, -0.25) is 4.79 Å². The normalized spacial score (nSPS) is 14.1. The van der Waals surface area contributed by atoms with Gasteiger partial charge in [0.05, 0.1) is 18.2 Å². The molecule has 0 spiro atoms. The Morgan fingerprint density at radius 1 is 1.36 bits per heavy atom. The average Bonchev–Trinajstić information content (AvgIpc) is 2.44. The van der Waals surface area contributed by atoms with Gasteiger partial charge in [0, 0.05) is 5.69 Å². The summed E-state index contributed by atoms with van der Waals surface area (Å²) < 4.78 is 37.7. The van der Waals surface area contributed by atoms with Crippen molar-refractivity contribution in [3.63, 3.8) is 0 Å². The van der Waals surface area contributed by atoms with Crippen LogP contribution >= 0.6 is 0 Å². The van der Waals surface area contributed by atoms with E-state index in [1.165, 1.54) is 12.1 Å². The summed E-state index contributed by atoms with van der Waals surface area (Å²) in [5, 5.41) is 14.3. The quantitative estimate of drug-likeness (QED) is 0.877. The van der Waals surface area contributed by atoms with E-state index < -0.39 is 23.2 Å². The molecule has 1 amide bonds. The van der Waals surface area contributed by atoms with Gasteiger partial charge in [-0.15, -0.1) is 0 Å². The molecule has 0 aliphatic carbocycles. The van der Waals surface area contributed by atoms with Crippen LogP contribution < -0.4 is 10.6 Å². The Balaban J connectivity index is 2.68. The molecular formula is C15H18F3N3O. The first-order chi connectivity index (χ1) is 10.1. The molecule has 1 atom stereocenters. The van der Waals surface area contributed by atoms with E-state index in [9.17, 15) is 18.0 Å². The van der Waals surface area contributed by atoms with E-state index in [1.807, 2.05) is 6.07 Å². The molecule has 1 aromatic rings. The number of anilines is 1. The van der Waals surface area contributed by atoms with E-state index in [4.69, 9.17) is 5.26 Å². The highest BCUT2D eigenvalue weighted by molar-refractivity contribution is 5.81. The minimum atomic E-state index is -4.43. The second-order valence-corrected chi connectivity index (χ2v) is 5.45. The number of hydrogen-bond donors (Lipinski definition) is 2. The molecule has 1 aromatic carbocycles. The standard InChI is InChI=1S/C15H18F3N3O/c1-10(2)14(3,9-19)21-13(22)8-20-12-6-4-5-11(7-12)15(16,17)18/h4-7,10,20H,8H2,1-3H3,(H,21,22). The zero-order valence-corrected chi connectivity index (χ0v) is 12.6. The minimum Gasteiger partial charge on any atom is -0.376 e. The number of alkyl halides is 3. The Kier molecular flexibility index (Phi) is 5.42. The second-order valence-electron chi connectivity index (χ2n) is 5.45.